The minimum Gasteiger partial charge on any atom is -0.449 e. The third-order valence-electron chi connectivity index (χ3n) is 8.06. The molecule has 0 bridgehead atoms. The maximum absolute atomic E-state index is 14.9. The van der Waals surface area contributed by atoms with Crippen molar-refractivity contribution in [1.82, 2.24) is 9.88 Å². The number of rotatable bonds is 7. The lowest BCUT2D eigenvalue weighted by Crippen LogP contribution is -2.56. The normalized spacial score (nSPS) is 16.9. The molecule has 2 aromatic carbocycles. The number of morpholine rings is 2. The van der Waals surface area contributed by atoms with E-state index in [1.54, 1.807) is 53.7 Å². The number of nitrogens with zero attached hydrogens (tertiary/aromatic N) is 4. The summed E-state index contributed by atoms with van der Waals surface area (Å²) in [7, 11) is 0. The molecule has 5 amide bonds. The Bertz CT molecular complexity index is 1960. The van der Waals surface area contributed by atoms with E-state index < -0.39 is 65.1 Å². The molecule has 5 rings (SSSR count). The number of nitrogens with one attached hydrogen (secondary N) is 1. The lowest BCUT2D eigenvalue weighted by Gasteiger charge is -2.35. The third kappa shape index (κ3) is 10.1. The monoisotopic (exact) mass is 765 g/mol. The summed E-state index contributed by atoms with van der Waals surface area (Å²) in [4.78, 5) is 86.9. The molecule has 2 aliphatic rings. The molecule has 1 aromatic heterocycles. The summed E-state index contributed by atoms with van der Waals surface area (Å²) < 4.78 is 42.0. The first kappa shape index (κ1) is 40.5. The summed E-state index contributed by atoms with van der Waals surface area (Å²) in [5.74, 6) is -3.88. The Labute approximate surface area is 316 Å². The molecule has 3 aromatic rings. The highest BCUT2D eigenvalue weighted by Gasteiger charge is 2.43. The zero-order valence-electron chi connectivity index (χ0n) is 31.7. The van der Waals surface area contributed by atoms with Crippen LogP contribution in [0.5, 0.6) is 0 Å². The number of halogens is 1. The molecule has 2 atom stereocenters. The second-order valence-electron chi connectivity index (χ2n) is 14.7. The van der Waals surface area contributed by atoms with Crippen molar-refractivity contribution in [3.63, 3.8) is 0 Å². The Morgan fingerprint density at radius 3 is 2.16 bits per heavy atom. The number of ether oxygens (including phenoxy) is 5. The maximum atomic E-state index is 14.9. The van der Waals surface area contributed by atoms with Crippen molar-refractivity contribution in [3.8, 4) is 0 Å². The number of carbonyl (C=O) groups is 6. The summed E-state index contributed by atoms with van der Waals surface area (Å²) in [6, 6.07) is 11.2. The summed E-state index contributed by atoms with van der Waals surface area (Å²) in [5.41, 5.74) is -1.33. The Morgan fingerprint density at radius 1 is 0.891 bits per heavy atom. The first-order chi connectivity index (χ1) is 25.8. The van der Waals surface area contributed by atoms with Crippen molar-refractivity contribution in [1.29, 1.82) is 0 Å². The van der Waals surface area contributed by atoms with Gasteiger partial charge < -0.3 is 38.8 Å². The number of anilines is 3. The summed E-state index contributed by atoms with van der Waals surface area (Å²) in [6.45, 7) is 12.1. The molecular weight excluding hydrogens is 721 g/mol. The number of amides is 5. The molecule has 294 valence electrons. The molecule has 0 radical (unpaired) electrons. The van der Waals surface area contributed by atoms with Gasteiger partial charge in [0.05, 0.1) is 30.9 Å². The highest BCUT2D eigenvalue weighted by atomic mass is 19.1. The number of fused-ring (bicyclic) bond motifs is 1. The lowest BCUT2D eigenvalue weighted by molar-refractivity contribution is -0.167. The van der Waals surface area contributed by atoms with E-state index in [0.29, 0.717) is 29.0 Å². The van der Waals surface area contributed by atoms with Crippen LogP contribution in [-0.2, 0) is 38.1 Å². The van der Waals surface area contributed by atoms with Gasteiger partial charge in [-0.1, -0.05) is 0 Å². The van der Waals surface area contributed by atoms with E-state index in [4.69, 9.17) is 23.7 Å². The molecule has 1 N–H and O–H groups in total. The predicted molar refractivity (Wildman–Crippen MR) is 196 cm³/mol. The third-order valence-corrected chi connectivity index (χ3v) is 8.06. The average Bonchev–Trinajstić information content (AvgIpc) is 3.09. The molecule has 17 heteroatoms. The Morgan fingerprint density at radius 2 is 1.55 bits per heavy atom. The van der Waals surface area contributed by atoms with Crippen LogP contribution in [0.25, 0.3) is 10.9 Å². The number of aromatic nitrogens is 1. The highest BCUT2D eigenvalue weighted by molar-refractivity contribution is 6.10. The van der Waals surface area contributed by atoms with Crippen molar-refractivity contribution < 1.29 is 56.8 Å². The number of hydrogen-bond acceptors (Lipinski definition) is 12. The lowest BCUT2D eigenvalue weighted by atomic mass is 10.1. The zero-order valence-corrected chi connectivity index (χ0v) is 31.7. The molecular formula is C38H44FN5O11. The van der Waals surface area contributed by atoms with E-state index in [2.05, 4.69) is 10.3 Å². The van der Waals surface area contributed by atoms with Crippen LogP contribution in [-0.4, -0.2) is 109 Å². The van der Waals surface area contributed by atoms with Gasteiger partial charge in [0, 0.05) is 43.3 Å². The fourth-order valence-corrected chi connectivity index (χ4v) is 5.70. The second kappa shape index (κ2) is 16.4. The van der Waals surface area contributed by atoms with Gasteiger partial charge in [0.2, 0.25) is 6.10 Å². The molecule has 0 aliphatic carbocycles. The standard InChI is InChI=1S/C38H44FN5O11/c1-22(45)53-30(31-34(48)43(16-19-52-31)25-10-11-27(39)26(21-25)33(47)42-14-17-51-18-15-42)32(46)40-24-9-12-28-23(20-24)8-13-29(41-28)44(35(49)54-37(2,3)4)36(50)55-38(5,6)7/h8-13,20-21,30-31H,14-19H2,1-7H3,(H,40,46)/t30-,31-/m1/s1. The van der Waals surface area contributed by atoms with E-state index in [1.165, 1.54) is 40.1 Å². The maximum Gasteiger partial charge on any atom is 0.425 e. The summed E-state index contributed by atoms with van der Waals surface area (Å²) in [5, 5.41) is 3.12. The van der Waals surface area contributed by atoms with E-state index in [-0.39, 0.29) is 49.0 Å². The smallest absolute Gasteiger partial charge is 0.425 e. The number of pyridine rings is 1. The van der Waals surface area contributed by atoms with E-state index in [9.17, 15) is 33.2 Å². The van der Waals surface area contributed by atoms with Crippen molar-refractivity contribution >= 4 is 64.0 Å². The minimum absolute atomic E-state index is 0.0134. The van der Waals surface area contributed by atoms with E-state index >= 15 is 0 Å². The summed E-state index contributed by atoms with van der Waals surface area (Å²) in [6.07, 6.45) is -5.31. The SMILES string of the molecule is CC(=O)O[C@@H](C(=O)Nc1ccc2nc(N(C(=O)OC(C)(C)C)C(=O)OC(C)(C)C)ccc2c1)[C@H]1OCCN(c2ccc(F)c(C(=O)N3CCOCC3)c2)C1=O. The zero-order chi connectivity index (χ0) is 40.2. The largest absolute Gasteiger partial charge is 0.449 e. The fraction of sp³-hybridized carbons (Fsp3) is 0.447. The number of imide groups is 1. The molecule has 2 fully saturated rings. The molecule has 2 aliphatic heterocycles. The van der Waals surface area contributed by atoms with Crippen LogP contribution in [0.2, 0.25) is 0 Å². The van der Waals surface area contributed by atoms with Crippen molar-refractivity contribution in [2.45, 2.75) is 71.9 Å². The van der Waals surface area contributed by atoms with Crippen LogP contribution < -0.4 is 15.1 Å². The van der Waals surface area contributed by atoms with E-state index in [0.717, 1.165) is 13.0 Å². The van der Waals surface area contributed by atoms with Crippen LogP contribution in [0.1, 0.15) is 58.8 Å². The first-order valence-corrected chi connectivity index (χ1v) is 17.6. The first-order valence-electron chi connectivity index (χ1n) is 17.6. The van der Waals surface area contributed by atoms with Gasteiger partial charge in [-0.2, -0.15) is 4.90 Å². The summed E-state index contributed by atoms with van der Waals surface area (Å²) >= 11 is 0. The molecule has 16 nitrogen and oxygen atoms in total. The molecule has 0 saturated carbocycles. The molecule has 2 saturated heterocycles. The molecule has 3 heterocycles. The minimum atomic E-state index is -1.74. The number of hydrogen-bond donors (Lipinski definition) is 1. The van der Waals surface area contributed by atoms with Gasteiger partial charge in [0.15, 0.2) is 6.10 Å². The fourth-order valence-electron chi connectivity index (χ4n) is 5.70. The van der Waals surface area contributed by atoms with Crippen LogP contribution in [0.15, 0.2) is 48.5 Å². The van der Waals surface area contributed by atoms with Crippen molar-refractivity contribution in [3.05, 3.63) is 59.9 Å². The van der Waals surface area contributed by atoms with Gasteiger partial charge in [0.1, 0.15) is 22.8 Å². The van der Waals surface area contributed by atoms with Gasteiger partial charge in [-0.05, 0) is 90.1 Å². The van der Waals surface area contributed by atoms with Crippen molar-refractivity contribution in [2.24, 2.45) is 0 Å². The quantitative estimate of drug-likeness (QED) is 0.256. The highest BCUT2D eigenvalue weighted by Crippen LogP contribution is 2.28. The van der Waals surface area contributed by atoms with Crippen molar-refractivity contribution in [2.75, 3.05) is 54.6 Å². The molecule has 0 unspecified atom stereocenters. The van der Waals surface area contributed by atoms with Crippen LogP contribution in [0.4, 0.5) is 31.2 Å². The predicted octanol–water partition coefficient (Wildman–Crippen LogP) is 4.83. The number of esters is 1. The number of benzene rings is 2. The second-order valence-corrected chi connectivity index (χ2v) is 14.7. The Hall–Kier alpha value is -5.68. The van der Waals surface area contributed by atoms with Gasteiger partial charge >= 0.3 is 18.2 Å². The van der Waals surface area contributed by atoms with Gasteiger partial charge in [-0.15, -0.1) is 0 Å². The molecule has 55 heavy (non-hydrogen) atoms. The Balaban J connectivity index is 1.36. The number of carbonyl (C=O) groups excluding carboxylic acids is 6. The van der Waals surface area contributed by atoms with Crippen LogP contribution in [0.3, 0.4) is 0 Å². The van der Waals surface area contributed by atoms with Crippen LogP contribution in [0, 0.1) is 5.82 Å². The average molecular weight is 766 g/mol. The topological polar surface area (TPSA) is 183 Å². The van der Waals surface area contributed by atoms with Gasteiger partial charge in [0.25, 0.3) is 17.7 Å². The van der Waals surface area contributed by atoms with E-state index in [1.807, 2.05) is 0 Å². The molecule has 0 spiro atoms. The van der Waals surface area contributed by atoms with Gasteiger partial charge in [-0.3, -0.25) is 19.2 Å². The van der Waals surface area contributed by atoms with Gasteiger partial charge in [-0.25, -0.2) is 19.0 Å². The Kier molecular flexibility index (Phi) is 12.0. The van der Waals surface area contributed by atoms with Crippen LogP contribution >= 0.6 is 0 Å².